The van der Waals surface area contributed by atoms with Gasteiger partial charge in [-0.3, -0.25) is 0 Å². The first-order chi connectivity index (χ1) is 9.96. The molecule has 2 rings (SSSR count). The average molecular weight is 292 g/mol. The Labute approximate surface area is 128 Å². The molecule has 1 aliphatic heterocycles. The summed E-state index contributed by atoms with van der Waals surface area (Å²) in [6, 6.07) is 0. The van der Waals surface area contributed by atoms with Gasteiger partial charge in [-0.05, 0) is 34.1 Å². The van der Waals surface area contributed by atoms with Crippen LogP contribution in [0.25, 0.3) is 0 Å². The maximum atomic E-state index is 5.81. The van der Waals surface area contributed by atoms with Crippen molar-refractivity contribution in [3.63, 3.8) is 0 Å². The van der Waals surface area contributed by atoms with Gasteiger partial charge in [-0.25, -0.2) is 9.97 Å². The van der Waals surface area contributed by atoms with E-state index in [-0.39, 0.29) is 5.60 Å². The number of hydrogen-bond acceptors (Lipinski definition) is 5. The van der Waals surface area contributed by atoms with E-state index in [2.05, 4.69) is 49.8 Å². The number of rotatable bonds is 5. The first-order valence-corrected chi connectivity index (χ1v) is 7.97. The Balaban J connectivity index is 2.36. The standard InChI is InChI=1S/C16H28N4O/c1-6-8-13-18-14(17-7-2)12(3)15(19-13)20-9-10-21-16(4,5)11-20/h6-11H2,1-5H3,(H,17,18,19). The molecule has 118 valence electrons. The van der Waals surface area contributed by atoms with Crippen molar-refractivity contribution in [2.45, 2.75) is 53.1 Å². The number of aryl methyl sites for hydroxylation is 1. The van der Waals surface area contributed by atoms with Crippen molar-refractivity contribution in [1.29, 1.82) is 0 Å². The van der Waals surface area contributed by atoms with Crippen LogP contribution in [-0.4, -0.2) is 41.8 Å². The molecule has 0 amide bonds. The third-order valence-corrected chi connectivity index (χ3v) is 3.71. The molecule has 5 nitrogen and oxygen atoms in total. The number of nitrogens with one attached hydrogen (secondary N) is 1. The zero-order valence-electron chi connectivity index (χ0n) is 14.0. The van der Waals surface area contributed by atoms with Crippen LogP contribution in [0, 0.1) is 6.92 Å². The summed E-state index contributed by atoms with van der Waals surface area (Å²) >= 11 is 0. The van der Waals surface area contributed by atoms with E-state index in [1.165, 1.54) is 0 Å². The van der Waals surface area contributed by atoms with E-state index in [9.17, 15) is 0 Å². The smallest absolute Gasteiger partial charge is 0.137 e. The lowest BCUT2D eigenvalue weighted by Crippen LogP contribution is -2.49. The minimum Gasteiger partial charge on any atom is -0.372 e. The molecule has 5 heteroatoms. The lowest BCUT2D eigenvalue weighted by atomic mass is 10.1. The van der Waals surface area contributed by atoms with Crippen molar-refractivity contribution < 1.29 is 4.74 Å². The van der Waals surface area contributed by atoms with Crippen molar-refractivity contribution in [3.05, 3.63) is 11.4 Å². The molecule has 0 saturated carbocycles. The SMILES string of the molecule is CCCc1nc(NCC)c(C)c(N2CCOC(C)(C)C2)n1. The molecule has 0 radical (unpaired) electrons. The highest BCUT2D eigenvalue weighted by molar-refractivity contribution is 5.59. The molecule has 1 aliphatic rings. The zero-order valence-corrected chi connectivity index (χ0v) is 14.0. The number of aromatic nitrogens is 2. The van der Waals surface area contributed by atoms with Crippen LogP contribution in [0.4, 0.5) is 11.6 Å². The van der Waals surface area contributed by atoms with Crippen LogP contribution in [-0.2, 0) is 11.2 Å². The zero-order chi connectivity index (χ0) is 15.5. The van der Waals surface area contributed by atoms with Gasteiger partial charge in [-0.15, -0.1) is 0 Å². The van der Waals surface area contributed by atoms with Gasteiger partial charge in [0.1, 0.15) is 17.5 Å². The van der Waals surface area contributed by atoms with E-state index >= 15 is 0 Å². The predicted octanol–water partition coefficient (Wildman–Crippen LogP) is 2.78. The molecule has 21 heavy (non-hydrogen) atoms. The second kappa shape index (κ2) is 6.60. The first-order valence-electron chi connectivity index (χ1n) is 7.97. The number of ether oxygens (including phenoxy) is 1. The highest BCUT2D eigenvalue weighted by Gasteiger charge is 2.29. The molecule has 0 aliphatic carbocycles. The first kappa shape index (κ1) is 16.0. The Bertz CT molecular complexity index is 487. The van der Waals surface area contributed by atoms with Crippen molar-refractivity contribution in [1.82, 2.24) is 9.97 Å². The molecule has 0 unspecified atom stereocenters. The normalized spacial score (nSPS) is 17.9. The number of anilines is 2. The number of nitrogens with zero attached hydrogens (tertiary/aromatic N) is 3. The molecule has 0 aromatic carbocycles. The fourth-order valence-electron chi connectivity index (χ4n) is 2.73. The number of morpholine rings is 1. The Hall–Kier alpha value is -1.36. The highest BCUT2D eigenvalue weighted by atomic mass is 16.5. The largest absolute Gasteiger partial charge is 0.372 e. The van der Waals surface area contributed by atoms with Gasteiger partial charge in [0.2, 0.25) is 0 Å². The van der Waals surface area contributed by atoms with E-state index in [4.69, 9.17) is 9.72 Å². The van der Waals surface area contributed by atoms with Crippen LogP contribution in [0.3, 0.4) is 0 Å². The molecule has 1 saturated heterocycles. The van der Waals surface area contributed by atoms with Gasteiger partial charge in [0.25, 0.3) is 0 Å². The van der Waals surface area contributed by atoms with E-state index < -0.39 is 0 Å². The molecule has 1 aromatic rings. The highest BCUT2D eigenvalue weighted by Crippen LogP contribution is 2.28. The van der Waals surface area contributed by atoms with Crippen LogP contribution >= 0.6 is 0 Å². The summed E-state index contributed by atoms with van der Waals surface area (Å²) in [6.07, 6.45) is 1.97. The van der Waals surface area contributed by atoms with Crippen molar-refractivity contribution >= 4 is 11.6 Å². The summed E-state index contributed by atoms with van der Waals surface area (Å²) in [5, 5.41) is 3.37. The maximum Gasteiger partial charge on any atom is 0.137 e. The third kappa shape index (κ3) is 3.84. The van der Waals surface area contributed by atoms with Crippen LogP contribution in [0.5, 0.6) is 0 Å². The van der Waals surface area contributed by atoms with Gasteiger partial charge in [0.05, 0.1) is 12.2 Å². The molecule has 1 fully saturated rings. The van der Waals surface area contributed by atoms with Crippen LogP contribution < -0.4 is 10.2 Å². The fourth-order valence-corrected chi connectivity index (χ4v) is 2.73. The van der Waals surface area contributed by atoms with Gasteiger partial charge < -0.3 is 15.0 Å². The van der Waals surface area contributed by atoms with Crippen molar-refractivity contribution in [3.8, 4) is 0 Å². The Kier molecular flexibility index (Phi) is 5.04. The molecular formula is C16H28N4O. The minimum absolute atomic E-state index is 0.126. The quantitative estimate of drug-likeness (QED) is 0.904. The van der Waals surface area contributed by atoms with E-state index in [0.29, 0.717) is 0 Å². The molecule has 0 spiro atoms. The monoisotopic (exact) mass is 292 g/mol. The molecule has 0 atom stereocenters. The van der Waals surface area contributed by atoms with E-state index in [0.717, 1.165) is 62.1 Å². The lowest BCUT2D eigenvalue weighted by molar-refractivity contribution is -0.0279. The minimum atomic E-state index is -0.126. The summed E-state index contributed by atoms with van der Waals surface area (Å²) in [4.78, 5) is 11.8. The summed E-state index contributed by atoms with van der Waals surface area (Å²) in [6.45, 7) is 14.0. The topological polar surface area (TPSA) is 50.3 Å². The Morgan fingerprint density at radius 1 is 1.29 bits per heavy atom. The van der Waals surface area contributed by atoms with Crippen LogP contribution in [0.2, 0.25) is 0 Å². The van der Waals surface area contributed by atoms with Gasteiger partial charge >= 0.3 is 0 Å². The second-order valence-corrected chi connectivity index (χ2v) is 6.25. The predicted molar refractivity (Wildman–Crippen MR) is 87.2 cm³/mol. The molecule has 0 bridgehead atoms. The molecular weight excluding hydrogens is 264 g/mol. The van der Waals surface area contributed by atoms with E-state index in [1.54, 1.807) is 0 Å². The third-order valence-electron chi connectivity index (χ3n) is 3.71. The molecule has 1 aromatic heterocycles. The Morgan fingerprint density at radius 3 is 2.67 bits per heavy atom. The Morgan fingerprint density at radius 2 is 2.05 bits per heavy atom. The average Bonchev–Trinajstić information content (AvgIpc) is 2.41. The van der Waals surface area contributed by atoms with Gasteiger partial charge in [0, 0.05) is 31.6 Å². The second-order valence-electron chi connectivity index (χ2n) is 6.25. The molecule has 2 heterocycles. The number of hydrogen-bond donors (Lipinski definition) is 1. The van der Waals surface area contributed by atoms with Crippen molar-refractivity contribution in [2.75, 3.05) is 36.5 Å². The van der Waals surface area contributed by atoms with Gasteiger partial charge in [-0.1, -0.05) is 6.92 Å². The summed E-state index contributed by atoms with van der Waals surface area (Å²) < 4.78 is 5.81. The van der Waals surface area contributed by atoms with Crippen LogP contribution in [0.15, 0.2) is 0 Å². The summed E-state index contributed by atoms with van der Waals surface area (Å²) in [5.41, 5.74) is 1.01. The summed E-state index contributed by atoms with van der Waals surface area (Å²) in [5.74, 6) is 2.95. The van der Waals surface area contributed by atoms with Gasteiger partial charge in [0.15, 0.2) is 0 Å². The lowest BCUT2D eigenvalue weighted by Gasteiger charge is -2.39. The maximum absolute atomic E-state index is 5.81. The molecule has 1 N–H and O–H groups in total. The fraction of sp³-hybridized carbons (Fsp3) is 0.750. The van der Waals surface area contributed by atoms with Crippen molar-refractivity contribution in [2.24, 2.45) is 0 Å². The van der Waals surface area contributed by atoms with Gasteiger partial charge in [-0.2, -0.15) is 0 Å². The van der Waals surface area contributed by atoms with E-state index in [1.807, 2.05) is 0 Å². The summed E-state index contributed by atoms with van der Waals surface area (Å²) in [7, 11) is 0. The van der Waals surface area contributed by atoms with Crippen LogP contribution in [0.1, 0.15) is 45.5 Å².